The largest absolute Gasteiger partial charge is 0.384 e. The van der Waals surface area contributed by atoms with Crippen molar-refractivity contribution in [1.82, 2.24) is 10.2 Å². The van der Waals surface area contributed by atoms with Gasteiger partial charge in [0.15, 0.2) is 0 Å². The summed E-state index contributed by atoms with van der Waals surface area (Å²) in [4.78, 5) is 14.9. The van der Waals surface area contributed by atoms with Gasteiger partial charge in [-0.15, -0.1) is 0 Å². The summed E-state index contributed by atoms with van der Waals surface area (Å²) in [6.07, 6.45) is 4.94. The van der Waals surface area contributed by atoms with E-state index in [1.165, 1.54) is 6.07 Å². The Bertz CT molecular complexity index is 574. The Balaban J connectivity index is 1.56. The van der Waals surface area contributed by atoms with E-state index in [1.807, 2.05) is 12.1 Å². The van der Waals surface area contributed by atoms with E-state index >= 15 is 0 Å². The first-order valence-corrected chi connectivity index (χ1v) is 8.89. The lowest BCUT2D eigenvalue weighted by atomic mass is 9.68. The molecular formula is C19H27FN2O2. The van der Waals surface area contributed by atoms with Crippen molar-refractivity contribution in [2.75, 3.05) is 26.8 Å². The number of hydrogen-bond acceptors (Lipinski definition) is 3. The van der Waals surface area contributed by atoms with Crippen molar-refractivity contribution in [1.29, 1.82) is 0 Å². The predicted molar refractivity (Wildman–Crippen MR) is 91.0 cm³/mol. The van der Waals surface area contributed by atoms with Gasteiger partial charge in [-0.2, -0.15) is 0 Å². The van der Waals surface area contributed by atoms with Gasteiger partial charge in [-0.25, -0.2) is 4.39 Å². The summed E-state index contributed by atoms with van der Waals surface area (Å²) in [5.41, 5.74) is 0.405. The zero-order valence-electron chi connectivity index (χ0n) is 14.4. The molecule has 1 aliphatic heterocycles. The highest BCUT2D eigenvalue weighted by molar-refractivity contribution is 5.84. The number of benzene rings is 1. The van der Waals surface area contributed by atoms with E-state index in [0.29, 0.717) is 13.2 Å². The van der Waals surface area contributed by atoms with E-state index in [-0.39, 0.29) is 23.2 Å². The van der Waals surface area contributed by atoms with Crippen molar-refractivity contribution < 1.29 is 13.9 Å². The Morgan fingerprint density at radius 3 is 2.83 bits per heavy atom. The van der Waals surface area contributed by atoms with Crippen LogP contribution in [0.4, 0.5) is 4.39 Å². The first-order chi connectivity index (χ1) is 11.6. The van der Waals surface area contributed by atoms with Gasteiger partial charge in [0.1, 0.15) is 5.82 Å². The molecule has 1 aromatic carbocycles. The zero-order chi connectivity index (χ0) is 17.0. The SMILES string of the molecule is COCC1(C(=O)N[C@@H]2CCCN(Cc3ccccc3F)C2)CCC1. The summed E-state index contributed by atoms with van der Waals surface area (Å²) in [5.74, 6) is -0.0227. The molecular weight excluding hydrogens is 307 g/mol. The summed E-state index contributed by atoms with van der Waals surface area (Å²) >= 11 is 0. The lowest BCUT2D eigenvalue weighted by Gasteiger charge is -2.42. The monoisotopic (exact) mass is 334 g/mol. The summed E-state index contributed by atoms with van der Waals surface area (Å²) in [7, 11) is 1.66. The first-order valence-electron chi connectivity index (χ1n) is 8.89. The van der Waals surface area contributed by atoms with Gasteiger partial charge < -0.3 is 10.1 Å². The third-order valence-electron chi connectivity index (χ3n) is 5.41. The molecule has 2 fully saturated rings. The van der Waals surface area contributed by atoms with Crippen LogP contribution in [0.15, 0.2) is 24.3 Å². The quantitative estimate of drug-likeness (QED) is 0.870. The van der Waals surface area contributed by atoms with Crippen LogP contribution in [0, 0.1) is 11.2 Å². The number of rotatable bonds is 6. The van der Waals surface area contributed by atoms with Gasteiger partial charge in [0.2, 0.25) is 5.91 Å². The van der Waals surface area contributed by atoms with Gasteiger partial charge in [0.25, 0.3) is 0 Å². The molecule has 1 atom stereocenters. The molecule has 4 nitrogen and oxygen atoms in total. The van der Waals surface area contributed by atoms with Gasteiger partial charge in [-0.1, -0.05) is 24.6 Å². The summed E-state index contributed by atoms with van der Waals surface area (Å²) in [5, 5.41) is 3.22. The highest BCUT2D eigenvalue weighted by Gasteiger charge is 2.44. The number of methoxy groups -OCH3 is 1. The van der Waals surface area contributed by atoms with Crippen molar-refractivity contribution in [2.45, 2.75) is 44.7 Å². The fourth-order valence-corrected chi connectivity index (χ4v) is 3.84. The molecule has 132 valence electrons. The number of carbonyl (C=O) groups excluding carboxylic acids is 1. The van der Waals surface area contributed by atoms with Gasteiger partial charge in [0.05, 0.1) is 12.0 Å². The van der Waals surface area contributed by atoms with Crippen LogP contribution in [0.3, 0.4) is 0 Å². The number of halogens is 1. The third kappa shape index (κ3) is 3.78. The van der Waals surface area contributed by atoms with Gasteiger partial charge in [-0.3, -0.25) is 9.69 Å². The van der Waals surface area contributed by atoms with Crippen LogP contribution in [0.2, 0.25) is 0 Å². The molecule has 0 bridgehead atoms. The molecule has 1 aromatic rings. The average molecular weight is 334 g/mol. The number of piperidine rings is 1. The summed E-state index contributed by atoms with van der Waals surface area (Å²) in [6.45, 7) is 2.83. The van der Waals surface area contributed by atoms with Gasteiger partial charge in [-0.05, 0) is 38.3 Å². The minimum atomic E-state index is -0.317. The van der Waals surface area contributed by atoms with E-state index in [2.05, 4.69) is 10.2 Å². The number of carbonyl (C=O) groups is 1. The second kappa shape index (κ2) is 7.62. The van der Waals surface area contributed by atoms with Crippen molar-refractivity contribution in [3.63, 3.8) is 0 Å². The molecule has 24 heavy (non-hydrogen) atoms. The van der Waals surface area contributed by atoms with E-state index in [1.54, 1.807) is 13.2 Å². The van der Waals surface area contributed by atoms with Gasteiger partial charge in [0, 0.05) is 31.8 Å². The number of nitrogens with one attached hydrogen (secondary N) is 1. The van der Waals surface area contributed by atoms with Gasteiger partial charge >= 0.3 is 0 Å². The zero-order valence-corrected chi connectivity index (χ0v) is 14.4. The van der Waals surface area contributed by atoms with E-state index < -0.39 is 0 Å². The number of amides is 1. The van der Waals surface area contributed by atoms with Crippen LogP contribution in [0.25, 0.3) is 0 Å². The molecule has 0 spiro atoms. The Morgan fingerprint density at radius 2 is 2.17 bits per heavy atom. The highest BCUT2D eigenvalue weighted by atomic mass is 19.1. The van der Waals surface area contributed by atoms with E-state index in [9.17, 15) is 9.18 Å². The maximum absolute atomic E-state index is 13.8. The maximum Gasteiger partial charge on any atom is 0.228 e. The van der Waals surface area contributed by atoms with Crippen molar-refractivity contribution in [2.24, 2.45) is 5.41 Å². The molecule has 1 saturated heterocycles. The smallest absolute Gasteiger partial charge is 0.228 e. The number of likely N-dealkylation sites (tertiary alicyclic amines) is 1. The van der Waals surface area contributed by atoms with Crippen LogP contribution in [-0.4, -0.2) is 43.7 Å². The fourth-order valence-electron chi connectivity index (χ4n) is 3.84. The maximum atomic E-state index is 13.8. The predicted octanol–water partition coefficient (Wildman–Crippen LogP) is 2.72. The van der Waals surface area contributed by atoms with Crippen LogP contribution in [-0.2, 0) is 16.1 Å². The Morgan fingerprint density at radius 1 is 1.38 bits per heavy atom. The molecule has 1 N–H and O–H groups in total. The number of nitrogens with zero attached hydrogens (tertiary/aromatic N) is 1. The number of hydrogen-bond donors (Lipinski definition) is 1. The van der Waals surface area contributed by atoms with Crippen molar-refractivity contribution in [3.05, 3.63) is 35.6 Å². The molecule has 0 radical (unpaired) electrons. The molecule has 1 aliphatic carbocycles. The van der Waals surface area contributed by atoms with Crippen molar-refractivity contribution in [3.8, 4) is 0 Å². The van der Waals surface area contributed by atoms with Crippen LogP contribution in [0.1, 0.15) is 37.7 Å². The number of ether oxygens (including phenoxy) is 1. The Kier molecular flexibility index (Phi) is 5.51. The second-order valence-electron chi connectivity index (χ2n) is 7.21. The third-order valence-corrected chi connectivity index (χ3v) is 5.41. The topological polar surface area (TPSA) is 41.6 Å². The summed E-state index contributed by atoms with van der Waals surface area (Å²) in [6, 6.07) is 7.06. The lowest BCUT2D eigenvalue weighted by Crippen LogP contribution is -2.55. The fraction of sp³-hybridized carbons (Fsp3) is 0.632. The first kappa shape index (κ1) is 17.4. The summed E-state index contributed by atoms with van der Waals surface area (Å²) < 4.78 is 19.1. The Labute approximate surface area is 143 Å². The molecule has 1 heterocycles. The molecule has 5 heteroatoms. The molecule has 0 aromatic heterocycles. The second-order valence-corrected chi connectivity index (χ2v) is 7.21. The molecule has 3 rings (SSSR count). The van der Waals surface area contributed by atoms with Crippen LogP contribution < -0.4 is 5.32 Å². The molecule has 2 aliphatic rings. The van der Waals surface area contributed by atoms with Crippen LogP contribution >= 0.6 is 0 Å². The minimum Gasteiger partial charge on any atom is -0.384 e. The molecule has 0 unspecified atom stereocenters. The van der Waals surface area contributed by atoms with E-state index in [0.717, 1.165) is 50.8 Å². The molecule has 1 saturated carbocycles. The minimum absolute atomic E-state index is 0.133. The Hall–Kier alpha value is -1.46. The normalized spacial score (nSPS) is 23.5. The van der Waals surface area contributed by atoms with E-state index in [4.69, 9.17) is 4.74 Å². The standard InChI is InChI=1S/C19H27FN2O2/c1-24-14-19(9-5-10-19)18(23)21-16-7-4-11-22(13-16)12-15-6-2-3-8-17(15)20/h2-3,6,8,16H,4-5,7,9-14H2,1H3,(H,21,23)/t16-/m1/s1. The lowest BCUT2D eigenvalue weighted by molar-refractivity contribution is -0.141. The van der Waals surface area contributed by atoms with Crippen molar-refractivity contribution >= 4 is 5.91 Å². The highest BCUT2D eigenvalue weighted by Crippen LogP contribution is 2.41. The van der Waals surface area contributed by atoms with Crippen LogP contribution in [0.5, 0.6) is 0 Å². The molecule has 1 amide bonds. The average Bonchev–Trinajstić information content (AvgIpc) is 2.53.